The molecular formula is C22H29NO5S. The number of sulfonamides is 1. The summed E-state index contributed by atoms with van der Waals surface area (Å²) < 4.78 is 45.1. The topological polar surface area (TPSA) is 73.9 Å². The highest BCUT2D eigenvalue weighted by atomic mass is 32.2. The van der Waals surface area contributed by atoms with Crippen molar-refractivity contribution in [3.63, 3.8) is 0 Å². The summed E-state index contributed by atoms with van der Waals surface area (Å²) in [6.07, 6.45) is 1.51. The van der Waals surface area contributed by atoms with Crippen molar-refractivity contribution in [1.82, 2.24) is 4.72 Å². The summed E-state index contributed by atoms with van der Waals surface area (Å²) in [7, 11) is -2.01. The number of nitrogens with one attached hydrogen (secondary N) is 1. The molecule has 3 rings (SSSR count). The van der Waals surface area contributed by atoms with E-state index in [0.717, 1.165) is 29.7 Å². The zero-order valence-electron chi connectivity index (χ0n) is 17.2. The van der Waals surface area contributed by atoms with E-state index < -0.39 is 10.0 Å². The number of benzene rings is 2. The zero-order chi connectivity index (χ0) is 20.9. The van der Waals surface area contributed by atoms with Gasteiger partial charge in [0.25, 0.3) is 0 Å². The molecule has 2 aromatic carbocycles. The van der Waals surface area contributed by atoms with Gasteiger partial charge in [0.2, 0.25) is 10.0 Å². The largest absolute Gasteiger partial charge is 0.497 e. The molecule has 0 atom stereocenters. The third kappa shape index (κ3) is 4.91. The van der Waals surface area contributed by atoms with Crippen LogP contribution in [0.2, 0.25) is 0 Å². The van der Waals surface area contributed by atoms with Crippen LogP contribution in [-0.4, -0.2) is 41.9 Å². The van der Waals surface area contributed by atoms with E-state index in [2.05, 4.69) is 4.72 Å². The third-order valence-electron chi connectivity index (χ3n) is 5.51. The molecule has 0 radical (unpaired) electrons. The third-order valence-corrected chi connectivity index (χ3v) is 6.91. The molecule has 1 fully saturated rings. The van der Waals surface area contributed by atoms with E-state index in [1.165, 1.54) is 0 Å². The van der Waals surface area contributed by atoms with E-state index in [1.54, 1.807) is 25.3 Å². The first-order valence-electron chi connectivity index (χ1n) is 9.85. The first kappa shape index (κ1) is 21.6. The van der Waals surface area contributed by atoms with Gasteiger partial charge in [-0.15, -0.1) is 0 Å². The molecular weight excluding hydrogens is 390 g/mol. The molecule has 1 heterocycles. The number of hydrogen-bond donors (Lipinski definition) is 1. The maximum Gasteiger partial charge on any atom is 0.240 e. The second-order valence-electron chi connectivity index (χ2n) is 7.31. The zero-order valence-corrected chi connectivity index (χ0v) is 18.1. The molecule has 1 saturated heterocycles. The molecule has 1 aliphatic heterocycles. The van der Waals surface area contributed by atoms with Gasteiger partial charge in [-0.1, -0.05) is 12.1 Å². The average molecular weight is 420 g/mol. The summed E-state index contributed by atoms with van der Waals surface area (Å²) in [5.41, 5.74) is 1.58. The molecule has 6 nitrogen and oxygen atoms in total. The number of hydrogen-bond acceptors (Lipinski definition) is 5. The highest BCUT2D eigenvalue weighted by Gasteiger charge is 2.36. The van der Waals surface area contributed by atoms with E-state index in [4.69, 9.17) is 14.2 Å². The quantitative estimate of drug-likeness (QED) is 0.710. The number of rotatable bonds is 8. The van der Waals surface area contributed by atoms with Crippen molar-refractivity contribution in [3.05, 3.63) is 53.6 Å². The van der Waals surface area contributed by atoms with Crippen LogP contribution in [0.1, 0.15) is 30.9 Å². The Balaban J connectivity index is 1.82. The molecule has 0 unspecified atom stereocenters. The van der Waals surface area contributed by atoms with Crippen LogP contribution in [0.15, 0.2) is 47.4 Å². The van der Waals surface area contributed by atoms with Gasteiger partial charge in [0.1, 0.15) is 11.5 Å². The molecule has 0 amide bonds. The number of aryl methyl sites for hydroxylation is 1. The molecule has 0 spiro atoms. The van der Waals surface area contributed by atoms with Crippen molar-refractivity contribution in [3.8, 4) is 11.5 Å². The molecule has 1 N–H and O–H groups in total. The smallest absolute Gasteiger partial charge is 0.240 e. The number of ether oxygens (including phenoxy) is 3. The van der Waals surface area contributed by atoms with Gasteiger partial charge < -0.3 is 14.2 Å². The Bertz CT molecular complexity index is 919. The van der Waals surface area contributed by atoms with Crippen molar-refractivity contribution < 1.29 is 22.6 Å². The molecule has 7 heteroatoms. The van der Waals surface area contributed by atoms with Crippen LogP contribution >= 0.6 is 0 Å². The summed E-state index contributed by atoms with van der Waals surface area (Å²) in [5.74, 6) is 1.48. The minimum Gasteiger partial charge on any atom is -0.497 e. The van der Waals surface area contributed by atoms with Crippen molar-refractivity contribution in [2.45, 2.75) is 37.0 Å². The fourth-order valence-corrected chi connectivity index (χ4v) is 4.91. The SMILES string of the molecule is CCOc1ccc(S(=O)(=O)NCC2(c3ccc(OC)cc3)CCOCC2)cc1C. The fourth-order valence-electron chi connectivity index (χ4n) is 3.70. The summed E-state index contributed by atoms with van der Waals surface area (Å²) in [4.78, 5) is 0.246. The summed E-state index contributed by atoms with van der Waals surface area (Å²) in [5, 5.41) is 0. The lowest BCUT2D eigenvalue weighted by molar-refractivity contribution is 0.0517. The van der Waals surface area contributed by atoms with Gasteiger partial charge in [-0.2, -0.15) is 0 Å². The minimum atomic E-state index is -3.64. The van der Waals surface area contributed by atoms with E-state index in [1.807, 2.05) is 38.1 Å². The highest BCUT2D eigenvalue weighted by Crippen LogP contribution is 2.35. The van der Waals surface area contributed by atoms with Crippen molar-refractivity contribution >= 4 is 10.0 Å². The summed E-state index contributed by atoms with van der Waals surface area (Å²) >= 11 is 0. The van der Waals surface area contributed by atoms with Crippen molar-refractivity contribution in [2.75, 3.05) is 33.5 Å². The predicted octanol–water partition coefficient (Wildman–Crippen LogP) is 3.43. The predicted molar refractivity (Wildman–Crippen MR) is 112 cm³/mol. The van der Waals surface area contributed by atoms with Crippen molar-refractivity contribution in [2.24, 2.45) is 0 Å². The maximum atomic E-state index is 13.0. The van der Waals surface area contributed by atoms with Crippen LogP contribution in [0.25, 0.3) is 0 Å². The molecule has 2 aromatic rings. The van der Waals surface area contributed by atoms with Gasteiger partial charge in [-0.05, 0) is 68.1 Å². The Kier molecular flexibility index (Phi) is 6.82. The van der Waals surface area contributed by atoms with Crippen LogP contribution in [0.4, 0.5) is 0 Å². The van der Waals surface area contributed by atoms with Crippen molar-refractivity contribution in [1.29, 1.82) is 0 Å². The maximum absolute atomic E-state index is 13.0. The Morgan fingerprint density at radius 2 is 1.79 bits per heavy atom. The molecule has 0 aliphatic carbocycles. The van der Waals surface area contributed by atoms with Gasteiger partial charge in [0.05, 0.1) is 18.6 Å². The monoisotopic (exact) mass is 419 g/mol. The van der Waals surface area contributed by atoms with Crippen LogP contribution in [0.3, 0.4) is 0 Å². The van der Waals surface area contributed by atoms with E-state index in [-0.39, 0.29) is 10.3 Å². The Labute approximate surface area is 173 Å². The summed E-state index contributed by atoms with van der Waals surface area (Å²) in [6, 6.07) is 12.8. The number of methoxy groups -OCH3 is 1. The van der Waals surface area contributed by atoms with Crippen LogP contribution in [-0.2, 0) is 20.2 Å². The van der Waals surface area contributed by atoms with Crippen LogP contribution < -0.4 is 14.2 Å². The molecule has 29 heavy (non-hydrogen) atoms. The Morgan fingerprint density at radius 1 is 1.10 bits per heavy atom. The lowest BCUT2D eigenvalue weighted by Crippen LogP contribution is -2.44. The molecule has 0 bridgehead atoms. The second-order valence-corrected chi connectivity index (χ2v) is 9.07. The first-order valence-corrected chi connectivity index (χ1v) is 11.3. The molecule has 0 aromatic heterocycles. The minimum absolute atomic E-state index is 0.246. The fraction of sp³-hybridized carbons (Fsp3) is 0.455. The Hall–Kier alpha value is -2.09. The average Bonchev–Trinajstić information content (AvgIpc) is 2.74. The molecule has 158 valence electrons. The highest BCUT2D eigenvalue weighted by molar-refractivity contribution is 7.89. The van der Waals surface area contributed by atoms with E-state index >= 15 is 0 Å². The molecule has 0 saturated carbocycles. The van der Waals surface area contributed by atoms with Gasteiger partial charge in [-0.25, -0.2) is 13.1 Å². The van der Waals surface area contributed by atoms with Crippen LogP contribution in [0.5, 0.6) is 11.5 Å². The second kappa shape index (κ2) is 9.15. The summed E-state index contributed by atoms with van der Waals surface area (Å²) in [6.45, 7) is 5.82. The van der Waals surface area contributed by atoms with Gasteiger partial charge >= 0.3 is 0 Å². The van der Waals surface area contributed by atoms with Gasteiger partial charge in [0.15, 0.2) is 0 Å². The van der Waals surface area contributed by atoms with E-state index in [9.17, 15) is 8.42 Å². The van der Waals surface area contributed by atoms with Gasteiger partial charge in [0, 0.05) is 25.2 Å². The first-order chi connectivity index (χ1) is 13.9. The van der Waals surface area contributed by atoms with E-state index in [0.29, 0.717) is 32.1 Å². The standard InChI is InChI=1S/C22H29NO5S/c1-4-28-21-10-9-20(15-17(21)2)29(24,25)23-16-22(11-13-27-14-12-22)18-5-7-19(26-3)8-6-18/h5-10,15,23H,4,11-14,16H2,1-3H3. The van der Waals surface area contributed by atoms with Crippen LogP contribution in [0, 0.1) is 6.92 Å². The Morgan fingerprint density at radius 3 is 2.38 bits per heavy atom. The lowest BCUT2D eigenvalue weighted by Gasteiger charge is -2.38. The van der Waals surface area contributed by atoms with Gasteiger partial charge in [-0.3, -0.25) is 0 Å². The molecule has 1 aliphatic rings. The lowest BCUT2D eigenvalue weighted by atomic mass is 9.74. The normalized spacial score (nSPS) is 16.4.